The normalized spacial score (nSPS) is 15.2. The lowest BCUT2D eigenvalue weighted by atomic mass is 10.00. The van der Waals surface area contributed by atoms with Crippen molar-refractivity contribution in [3.63, 3.8) is 0 Å². The molecule has 5 heteroatoms. The largest absolute Gasteiger partial charge is 0.361 e. The van der Waals surface area contributed by atoms with Crippen LogP contribution in [0.5, 0.6) is 0 Å². The summed E-state index contributed by atoms with van der Waals surface area (Å²) < 4.78 is 5.34. The van der Waals surface area contributed by atoms with Crippen molar-refractivity contribution in [2.45, 2.75) is 60.4 Å². The molecule has 0 aromatic carbocycles. The molecule has 0 bridgehead atoms. The van der Waals surface area contributed by atoms with Crippen molar-refractivity contribution in [1.82, 2.24) is 20.3 Å². The molecule has 1 N–H and O–H groups in total. The number of hydrogen-bond donors (Lipinski definition) is 1. The third-order valence-corrected chi connectivity index (χ3v) is 5.07. The molecule has 0 amide bonds. The van der Waals surface area contributed by atoms with Crippen molar-refractivity contribution in [3.05, 3.63) is 46.0 Å². The van der Waals surface area contributed by atoms with Crippen LogP contribution < -0.4 is 0 Å². The quantitative estimate of drug-likeness (QED) is 0.762. The molecular formula is C21H30N4O. The maximum atomic E-state index is 5.34. The molecule has 0 spiro atoms. The number of aryl methyl sites for hydroxylation is 2. The van der Waals surface area contributed by atoms with E-state index in [9.17, 15) is 0 Å². The number of rotatable bonds is 6. The number of aromatic amines is 1. The van der Waals surface area contributed by atoms with Crippen LogP contribution in [-0.4, -0.2) is 33.3 Å². The zero-order chi connectivity index (χ0) is 18.7. The Hall–Kier alpha value is -2.14. The predicted molar refractivity (Wildman–Crippen MR) is 105 cm³/mol. The second-order valence-corrected chi connectivity index (χ2v) is 7.58. The maximum absolute atomic E-state index is 5.34. The van der Waals surface area contributed by atoms with Gasteiger partial charge in [-0.15, -0.1) is 0 Å². The highest BCUT2D eigenvalue weighted by atomic mass is 16.5. The fourth-order valence-corrected chi connectivity index (χ4v) is 3.51. The number of H-pyrrole nitrogens is 1. The molecule has 0 saturated heterocycles. The molecule has 26 heavy (non-hydrogen) atoms. The number of fused-ring (bicyclic) bond motifs is 1. The van der Waals surface area contributed by atoms with Gasteiger partial charge in [-0.3, -0.25) is 10.00 Å². The molecule has 1 aliphatic rings. The molecule has 0 atom stereocenters. The van der Waals surface area contributed by atoms with Gasteiger partial charge in [0.15, 0.2) is 0 Å². The van der Waals surface area contributed by atoms with Crippen molar-refractivity contribution in [3.8, 4) is 11.3 Å². The van der Waals surface area contributed by atoms with Gasteiger partial charge in [0.2, 0.25) is 0 Å². The Morgan fingerprint density at radius 3 is 2.73 bits per heavy atom. The summed E-state index contributed by atoms with van der Waals surface area (Å²) in [6, 6.07) is 0. The van der Waals surface area contributed by atoms with Gasteiger partial charge >= 0.3 is 0 Å². The fraction of sp³-hybridized carbons (Fsp3) is 0.524. The zero-order valence-electron chi connectivity index (χ0n) is 16.6. The Labute approximate surface area is 156 Å². The van der Waals surface area contributed by atoms with E-state index in [-0.39, 0.29) is 0 Å². The summed E-state index contributed by atoms with van der Waals surface area (Å²) in [5.74, 6) is 0.837. The van der Waals surface area contributed by atoms with E-state index in [0.29, 0.717) is 0 Å². The van der Waals surface area contributed by atoms with Crippen LogP contribution in [0.3, 0.4) is 0 Å². The molecular weight excluding hydrogens is 324 g/mol. The minimum Gasteiger partial charge on any atom is -0.361 e. The minimum atomic E-state index is 0.837. The predicted octanol–water partition coefficient (Wildman–Crippen LogP) is 4.73. The number of hydrogen-bond acceptors (Lipinski definition) is 4. The van der Waals surface area contributed by atoms with Gasteiger partial charge in [0.25, 0.3) is 0 Å². The van der Waals surface area contributed by atoms with Gasteiger partial charge in [-0.25, -0.2) is 0 Å². The standard InChI is InChI=1S/C21H30N4O/c1-14(2)7-6-8-15(3)9-11-25-12-10-19-18(13-25)21(23-22-19)20-16(4)24-26-17(20)5/h7,9H,6,8,10-13H2,1-5H3,(H,22,23)/b15-9+. The highest BCUT2D eigenvalue weighted by molar-refractivity contribution is 5.68. The van der Waals surface area contributed by atoms with Crippen LogP contribution in [0.15, 0.2) is 27.8 Å². The second-order valence-electron chi connectivity index (χ2n) is 7.58. The van der Waals surface area contributed by atoms with E-state index in [2.05, 4.69) is 53.2 Å². The Kier molecular flexibility index (Phi) is 5.77. The molecule has 2 aromatic heterocycles. The number of allylic oxidation sites excluding steroid dienone is 3. The van der Waals surface area contributed by atoms with E-state index >= 15 is 0 Å². The molecule has 3 heterocycles. The van der Waals surface area contributed by atoms with Crippen molar-refractivity contribution < 1.29 is 4.52 Å². The molecule has 0 saturated carbocycles. The monoisotopic (exact) mass is 354 g/mol. The first kappa shape index (κ1) is 18.6. The fourth-order valence-electron chi connectivity index (χ4n) is 3.51. The number of aromatic nitrogens is 3. The van der Waals surface area contributed by atoms with Crippen LogP contribution in [0.25, 0.3) is 11.3 Å². The summed E-state index contributed by atoms with van der Waals surface area (Å²) in [5, 5.41) is 11.9. The van der Waals surface area contributed by atoms with E-state index in [1.165, 1.54) is 22.4 Å². The van der Waals surface area contributed by atoms with E-state index < -0.39 is 0 Å². The Bertz CT molecular complexity index is 802. The summed E-state index contributed by atoms with van der Waals surface area (Å²) in [4.78, 5) is 2.49. The lowest BCUT2D eigenvalue weighted by molar-refractivity contribution is 0.280. The maximum Gasteiger partial charge on any atom is 0.143 e. The van der Waals surface area contributed by atoms with Crippen LogP contribution in [0.1, 0.15) is 56.3 Å². The summed E-state index contributed by atoms with van der Waals surface area (Å²) in [7, 11) is 0. The molecule has 5 nitrogen and oxygen atoms in total. The first-order valence-electron chi connectivity index (χ1n) is 9.46. The van der Waals surface area contributed by atoms with Crippen LogP contribution in [0, 0.1) is 13.8 Å². The van der Waals surface area contributed by atoms with E-state index in [4.69, 9.17) is 4.52 Å². The average molecular weight is 354 g/mol. The van der Waals surface area contributed by atoms with E-state index in [1.54, 1.807) is 0 Å². The van der Waals surface area contributed by atoms with Crippen molar-refractivity contribution in [1.29, 1.82) is 0 Å². The van der Waals surface area contributed by atoms with Gasteiger partial charge in [0.05, 0.1) is 11.3 Å². The van der Waals surface area contributed by atoms with Gasteiger partial charge in [-0.05, 0) is 47.5 Å². The first-order chi connectivity index (χ1) is 12.5. The summed E-state index contributed by atoms with van der Waals surface area (Å²) >= 11 is 0. The highest BCUT2D eigenvalue weighted by Gasteiger charge is 2.25. The lowest BCUT2D eigenvalue weighted by Gasteiger charge is -2.26. The van der Waals surface area contributed by atoms with Crippen molar-refractivity contribution >= 4 is 0 Å². The molecule has 0 aliphatic carbocycles. The molecule has 0 unspecified atom stereocenters. The van der Waals surface area contributed by atoms with Crippen LogP contribution in [0.2, 0.25) is 0 Å². The third kappa shape index (κ3) is 4.15. The Morgan fingerprint density at radius 2 is 2.04 bits per heavy atom. The second kappa shape index (κ2) is 8.04. The van der Waals surface area contributed by atoms with E-state index in [1.807, 2.05) is 13.8 Å². The minimum absolute atomic E-state index is 0.837. The molecule has 1 aliphatic heterocycles. The van der Waals surface area contributed by atoms with Crippen LogP contribution in [0.4, 0.5) is 0 Å². The third-order valence-electron chi connectivity index (χ3n) is 5.07. The number of nitrogens with one attached hydrogen (secondary N) is 1. The zero-order valence-corrected chi connectivity index (χ0v) is 16.6. The molecule has 3 rings (SSSR count). The summed E-state index contributed by atoms with van der Waals surface area (Å²) in [6.45, 7) is 13.5. The van der Waals surface area contributed by atoms with Gasteiger partial charge in [-0.2, -0.15) is 5.10 Å². The summed E-state index contributed by atoms with van der Waals surface area (Å²) in [6.07, 6.45) is 7.97. The average Bonchev–Trinajstić information content (AvgIpc) is 3.15. The smallest absolute Gasteiger partial charge is 0.143 e. The SMILES string of the molecule is CC(C)=CCC/C(C)=C/CN1CCc2[nH]nc(-c3c(C)noc3C)c2C1. The molecule has 0 fully saturated rings. The molecule has 140 valence electrons. The molecule has 0 radical (unpaired) electrons. The Morgan fingerprint density at radius 1 is 1.23 bits per heavy atom. The molecule has 2 aromatic rings. The van der Waals surface area contributed by atoms with E-state index in [0.717, 1.165) is 61.6 Å². The van der Waals surface area contributed by atoms with Gasteiger partial charge in [0.1, 0.15) is 11.5 Å². The van der Waals surface area contributed by atoms with Crippen LogP contribution in [-0.2, 0) is 13.0 Å². The lowest BCUT2D eigenvalue weighted by Crippen LogP contribution is -2.30. The van der Waals surface area contributed by atoms with Gasteiger partial charge in [-0.1, -0.05) is 28.5 Å². The van der Waals surface area contributed by atoms with Gasteiger partial charge < -0.3 is 4.52 Å². The summed E-state index contributed by atoms with van der Waals surface area (Å²) in [5.41, 5.74) is 8.35. The first-order valence-corrected chi connectivity index (χ1v) is 9.46. The van der Waals surface area contributed by atoms with Crippen molar-refractivity contribution in [2.75, 3.05) is 13.1 Å². The highest BCUT2D eigenvalue weighted by Crippen LogP contribution is 2.32. The Balaban J connectivity index is 1.68. The van der Waals surface area contributed by atoms with Crippen LogP contribution >= 0.6 is 0 Å². The number of nitrogens with zero attached hydrogens (tertiary/aromatic N) is 3. The van der Waals surface area contributed by atoms with Crippen molar-refractivity contribution in [2.24, 2.45) is 0 Å². The van der Waals surface area contributed by atoms with Gasteiger partial charge in [0, 0.05) is 37.3 Å². The topological polar surface area (TPSA) is 58.0 Å².